The highest BCUT2D eigenvalue weighted by atomic mass is 79.9. The third kappa shape index (κ3) is 2.71. The van der Waals surface area contributed by atoms with Gasteiger partial charge in [0.1, 0.15) is 0 Å². The van der Waals surface area contributed by atoms with E-state index >= 15 is 0 Å². The fourth-order valence-electron chi connectivity index (χ4n) is 2.84. The fourth-order valence-corrected chi connectivity index (χ4v) is 3.20. The van der Waals surface area contributed by atoms with Crippen molar-refractivity contribution in [2.24, 2.45) is 11.7 Å². The second-order valence-corrected chi connectivity index (χ2v) is 6.58. The molecular weight excluding hydrogens is 302 g/mol. The Labute approximate surface area is 122 Å². The molecule has 3 nitrogen and oxygen atoms in total. The minimum absolute atomic E-state index is 0.311. The monoisotopic (exact) mass is 321 g/mol. The van der Waals surface area contributed by atoms with Crippen LogP contribution in [0.15, 0.2) is 28.9 Å². The van der Waals surface area contributed by atoms with E-state index in [0.29, 0.717) is 12.0 Å². The summed E-state index contributed by atoms with van der Waals surface area (Å²) in [6, 6.07) is 6.69. The van der Waals surface area contributed by atoms with Crippen LogP contribution in [0.2, 0.25) is 0 Å². The maximum Gasteiger partial charge on any atom is 0.0458 e. The normalized spacial score (nSPS) is 25.0. The Morgan fingerprint density at radius 1 is 1.47 bits per heavy atom. The molecule has 1 aromatic heterocycles. The molecule has 2 atom stereocenters. The van der Waals surface area contributed by atoms with Gasteiger partial charge in [-0.15, -0.1) is 0 Å². The zero-order valence-corrected chi connectivity index (χ0v) is 12.8. The molecule has 1 saturated heterocycles. The van der Waals surface area contributed by atoms with Crippen LogP contribution in [0, 0.1) is 5.92 Å². The van der Waals surface area contributed by atoms with Crippen LogP contribution >= 0.6 is 15.9 Å². The minimum Gasteiger partial charge on any atom is -0.361 e. The number of rotatable bonds is 2. The van der Waals surface area contributed by atoms with Crippen molar-refractivity contribution in [3.05, 3.63) is 34.4 Å². The summed E-state index contributed by atoms with van der Waals surface area (Å²) in [5.41, 5.74) is 8.74. The molecule has 2 unspecified atom stereocenters. The Morgan fingerprint density at radius 3 is 3.11 bits per heavy atom. The van der Waals surface area contributed by atoms with Gasteiger partial charge in [0.2, 0.25) is 0 Å². The molecule has 1 aromatic carbocycles. The van der Waals surface area contributed by atoms with E-state index in [1.54, 1.807) is 0 Å². The molecule has 19 heavy (non-hydrogen) atoms. The third-order valence-corrected chi connectivity index (χ3v) is 4.72. The van der Waals surface area contributed by atoms with Crippen molar-refractivity contribution in [2.75, 3.05) is 13.1 Å². The van der Waals surface area contributed by atoms with E-state index in [0.717, 1.165) is 24.1 Å². The van der Waals surface area contributed by atoms with Crippen LogP contribution in [0.25, 0.3) is 10.9 Å². The van der Waals surface area contributed by atoms with Crippen LogP contribution < -0.4 is 5.73 Å². The van der Waals surface area contributed by atoms with Crippen LogP contribution in [-0.4, -0.2) is 29.0 Å². The lowest BCUT2D eigenvalue weighted by atomic mass is 9.94. The number of H-pyrrole nitrogens is 1. The lowest BCUT2D eigenvalue weighted by molar-refractivity contribution is 0.162. The van der Waals surface area contributed by atoms with Crippen LogP contribution in [0.5, 0.6) is 0 Å². The van der Waals surface area contributed by atoms with Crippen molar-refractivity contribution < 1.29 is 0 Å². The second-order valence-electron chi connectivity index (χ2n) is 5.67. The molecule has 0 spiro atoms. The lowest BCUT2D eigenvalue weighted by Gasteiger charge is -2.34. The van der Waals surface area contributed by atoms with E-state index in [2.05, 4.69) is 57.1 Å². The Balaban J connectivity index is 1.80. The average Bonchev–Trinajstić information content (AvgIpc) is 2.77. The first kappa shape index (κ1) is 13.2. The number of nitrogens with zero attached hydrogens (tertiary/aromatic N) is 1. The zero-order chi connectivity index (χ0) is 13.4. The number of hydrogen-bond acceptors (Lipinski definition) is 2. The van der Waals surface area contributed by atoms with Crippen molar-refractivity contribution in [3.8, 4) is 0 Å². The van der Waals surface area contributed by atoms with Gasteiger partial charge in [-0.05, 0) is 42.6 Å². The van der Waals surface area contributed by atoms with Gasteiger partial charge in [0.15, 0.2) is 0 Å². The fraction of sp³-hybridized carbons (Fsp3) is 0.467. The third-order valence-electron chi connectivity index (χ3n) is 4.22. The zero-order valence-electron chi connectivity index (χ0n) is 11.2. The maximum absolute atomic E-state index is 6.18. The van der Waals surface area contributed by atoms with Crippen LogP contribution in [0.3, 0.4) is 0 Å². The van der Waals surface area contributed by atoms with Gasteiger partial charge in [0, 0.05) is 40.7 Å². The highest BCUT2D eigenvalue weighted by Gasteiger charge is 2.23. The van der Waals surface area contributed by atoms with Crippen molar-refractivity contribution in [3.63, 3.8) is 0 Å². The molecule has 0 amide bonds. The summed E-state index contributed by atoms with van der Waals surface area (Å²) in [7, 11) is 0. The first-order chi connectivity index (χ1) is 9.13. The predicted octanol–water partition coefficient (Wildman–Crippen LogP) is 3.10. The van der Waals surface area contributed by atoms with Gasteiger partial charge >= 0.3 is 0 Å². The Bertz CT molecular complexity index is 578. The summed E-state index contributed by atoms with van der Waals surface area (Å²) < 4.78 is 1.13. The summed E-state index contributed by atoms with van der Waals surface area (Å²) in [6.07, 6.45) is 3.33. The largest absolute Gasteiger partial charge is 0.361 e. The van der Waals surface area contributed by atoms with Gasteiger partial charge in [-0.25, -0.2) is 0 Å². The van der Waals surface area contributed by atoms with Gasteiger partial charge in [-0.3, -0.25) is 4.90 Å². The van der Waals surface area contributed by atoms with E-state index < -0.39 is 0 Å². The topological polar surface area (TPSA) is 45.0 Å². The number of nitrogens with one attached hydrogen (secondary N) is 1. The number of hydrogen-bond donors (Lipinski definition) is 2. The molecule has 1 aliphatic rings. The highest BCUT2D eigenvalue weighted by Crippen LogP contribution is 2.25. The lowest BCUT2D eigenvalue weighted by Crippen LogP contribution is -2.47. The number of piperidine rings is 1. The molecule has 2 aromatic rings. The number of fused-ring (bicyclic) bond motifs is 1. The number of aromatic amines is 1. The molecule has 102 valence electrons. The SMILES string of the molecule is CC1CCN(Cc2c[nH]c3ccc(Br)cc23)CC1N. The predicted molar refractivity (Wildman–Crippen MR) is 83.0 cm³/mol. The Hall–Kier alpha value is -0.840. The molecule has 3 rings (SSSR count). The smallest absolute Gasteiger partial charge is 0.0458 e. The van der Waals surface area contributed by atoms with Gasteiger partial charge in [0.05, 0.1) is 0 Å². The molecule has 0 bridgehead atoms. The number of benzene rings is 1. The number of aromatic nitrogens is 1. The summed E-state index contributed by atoms with van der Waals surface area (Å²) in [5, 5.41) is 1.31. The van der Waals surface area contributed by atoms with Gasteiger partial charge in [-0.1, -0.05) is 22.9 Å². The standard InChI is InChI=1S/C15H20BrN3/c1-10-4-5-19(9-14(10)17)8-11-7-18-15-3-2-12(16)6-13(11)15/h2-3,6-7,10,14,18H,4-5,8-9,17H2,1H3. The molecule has 4 heteroatoms. The average molecular weight is 322 g/mol. The van der Waals surface area contributed by atoms with Crippen LogP contribution in [0.1, 0.15) is 18.9 Å². The van der Waals surface area contributed by atoms with Gasteiger partial charge in [0.25, 0.3) is 0 Å². The minimum atomic E-state index is 0.311. The van der Waals surface area contributed by atoms with E-state index in [9.17, 15) is 0 Å². The van der Waals surface area contributed by atoms with Crippen molar-refractivity contribution in [1.82, 2.24) is 9.88 Å². The van der Waals surface area contributed by atoms with Gasteiger partial charge in [-0.2, -0.15) is 0 Å². The quantitative estimate of drug-likeness (QED) is 0.892. The number of nitrogens with two attached hydrogens (primary N) is 1. The van der Waals surface area contributed by atoms with E-state index in [4.69, 9.17) is 5.73 Å². The molecule has 1 aliphatic heterocycles. The van der Waals surface area contributed by atoms with Crippen molar-refractivity contribution >= 4 is 26.8 Å². The molecule has 0 saturated carbocycles. The molecule has 2 heterocycles. The first-order valence-corrected chi connectivity index (χ1v) is 7.66. The second kappa shape index (κ2) is 5.27. The summed E-state index contributed by atoms with van der Waals surface area (Å²) in [6.45, 7) is 5.39. The summed E-state index contributed by atoms with van der Waals surface area (Å²) in [4.78, 5) is 5.81. The number of likely N-dealkylation sites (tertiary alicyclic amines) is 1. The molecule has 3 N–H and O–H groups in total. The van der Waals surface area contributed by atoms with Crippen molar-refractivity contribution in [2.45, 2.75) is 25.9 Å². The Morgan fingerprint density at radius 2 is 2.32 bits per heavy atom. The van der Waals surface area contributed by atoms with E-state index in [1.165, 1.54) is 22.9 Å². The highest BCUT2D eigenvalue weighted by molar-refractivity contribution is 9.10. The maximum atomic E-state index is 6.18. The van der Waals surface area contributed by atoms with Crippen LogP contribution in [0.4, 0.5) is 0 Å². The van der Waals surface area contributed by atoms with E-state index in [-0.39, 0.29) is 0 Å². The molecule has 0 aliphatic carbocycles. The van der Waals surface area contributed by atoms with E-state index in [1.807, 2.05) is 0 Å². The number of halogens is 1. The first-order valence-electron chi connectivity index (χ1n) is 6.87. The molecule has 1 fully saturated rings. The van der Waals surface area contributed by atoms with Gasteiger partial charge < -0.3 is 10.7 Å². The summed E-state index contributed by atoms with van der Waals surface area (Å²) >= 11 is 3.55. The molecule has 0 radical (unpaired) electrons. The van der Waals surface area contributed by atoms with Crippen LogP contribution in [-0.2, 0) is 6.54 Å². The molecular formula is C15H20BrN3. The summed E-state index contributed by atoms with van der Waals surface area (Å²) in [5.74, 6) is 0.647. The Kier molecular flexibility index (Phi) is 3.65. The van der Waals surface area contributed by atoms with Crippen molar-refractivity contribution in [1.29, 1.82) is 0 Å².